The predicted molar refractivity (Wildman–Crippen MR) is 129 cm³/mol. The van der Waals surface area contributed by atoms with Crippen molar-refractivity contribution in [3.8, 4) is 0 Å². The van der Waals surface area contributed by atoms with E-state index in [2.05, 4.69) is 26.6 Å². The fourth-order valence-corrected chi connectivity index (χ4v) is 5.08. The maximum absolute atomic E-state index is 12.2. The van der Waals surface area contributed by atoms with Crippen molar-refractivity contribution in [2.45, 2.75) is 64.3 Å². The van der Waals surface area contributed by atoms with Gasteiger partial charge in [0.15, 0.2) is 5.65 Å². The van der Waals surface area contributed by atoms with Gasteiger partial charge in [0.1, 0.15) is 5.69 Å². The summed E-state index contributed by atoms with van der Waals surface area (Å²) in [6.45, 7) is 3.00. The Morgan fingerprint density at radius 1 is 1.16 bits per heavy atom. The number of anilines is 1. The summed E-state index contributed by atoms with van der Waals surface area (Å²) in [5.41, 5.74) is 2.53. The normalized spacial score (nSPS) is 17.8. The first kappa shape index (κ1) is 22.7. The van der Waals surface area contributed by atoms with E-state index in [-0.39, 0.29) is 4.91 Å². The van der Waals surface area contributed by atoms with Crippen molar-refractivity contribution in [3.63, 3.8) is 0 Å². The third-order valence-electron chi connectivity index (χ3n) is 6.12. The fourth-order valence-electron chi connectivity index (χ4n) is 4.28. The number of hydrogen-bond acceptors (Lipinski definition) is 6. The molecule has 0 bridgehead atoms. The Morgan fingerprint density at radius 2 is 1.97 bits per heavy atom. The molecule has 2 heterocycles. The summed E-state index contributed by atoms with van der Waals surface area (Å²) in [6, 6.07) is 0.326. The van der Waals surface area contributed by atoms with Crippen LogP contribution in [-0.2, 0) is 10.0 Å². The molecule has 1 fully saturated rings. The number of rotatable bonds is 8. The van der Waals surface area contributed by atoms with Gasteiger partial charge in [0, 0.05) is 12.7 Å². The van der Waals surface area contributed by atoms with Crippen LogP contribution < -0.4 is 10.0 Å². The zero-order valence-corrected chi connectivity index (χ0v) is 19.7. The number of sulfonamides is 1. The lowest BCUT2D eigenvalue weighted by atomic mass is 9.96. The van der Waals surface area contributed by atoms with Crippen molar-refractivity contribution in [3.05, 3.63) is 41.1 Å². The first-order valence-electron chi connectivity index (χ1n) is 11.5. The molecule has 172 valence electrons. The average molecular weight is 457 g/mol. The Bertz CT molecular complexity index is 1160. The minimum atomic E-state index is -3.49. The van der Waals surface area contributed by atoms with Crippen LogP contribution in [-0.4, -0.2) is 41.8 Å². The van der Waals surface area contributed by atoms with Gasteiger partial charge in [-0.1, -0.05) is 50.8 Å². The van der Waals surface area contributed by atoms with E-state index in [1.165, 1.54) is 26.3 Å². The van der Waals surface area contributed by atoms with Crippen LogP contribution in [0.1, 0.15) is 70.0 Å². The minimum absolute atomic E-state index is 0.265. The van der Waals surface area contributed by atoms with Gasteiger partial charge in [-0.05, 0) is 44.4 Å². The summed E-state index contributed by atoms with van der Waals surface area (Å²) in [6.07, 6.45) is 17.6. The van der Waals surface area contributed by atoms with Crippen LogP contribution in [0.3, 0.4) is 0 Å². The smallest absolute Gasteiger partial charge is 0.240 e. The molecule has 2 aromatic rings. The standard InChI is InChI=1S/C23H32N6O2S/c1-3-4-15-25-23-26-16-20-21(17-9-8-12-19(14-13-17)32(30,31)24-2)28-29(22(20)27-23)18-10-6-5-7-11-18/h9,12-14,16,18,24H,3-8,10-11,15H2,1-2H3,(H,25,26,27). The zero-order chi connectivity index (χ0) is 22.6. The van der Waals surface area contributed by atoms with Crippen LogP contribution >= 0.6 is 0 Å². The van der Waals surface area contributed by atoms with Gasteiger partial charge in [0.2, 0.25) is 16.0 Å². The number of hydrogen-bond donors (Lipinski definition) is 2. The summed E-state index contributed by atoms with van der Waals surface area (Å²) in [7, 11) is -2.07. The van der Waals surface area contributed by atoms with Crippen molar-refractivity contribution in [1.29, 1.82) is 0 Å². The number of allylic oxidation sites excluding steroid dienone is 5. The second-order valence-electron chi connectivity index (χ2n) is 8.34. The SMILES string of the molecule is CCCCNc1ncc2c(C3=CCC=C(S(=O)(=O)NC)C=C3)nn(C3CCCCC3)c2n1. The molecule has 2 aliphatic rings. The number of unbranched alkanes of at least 4 members (excludes halogenated alkanes) is 1. The van der Waals surface area contributed by atoms with Gasteiger partial charge in [-0.15, -0.1) is 0 Å². The Labute approximate surface area is 190 Å². The third-order valence-corrected chi connectivity index (χ3v) is 7.58. The molecule has 0 aliphatic heterocycles. The highest BCUT2D eigenvalue weighted by Gasteiger charge is 2.23. The summed E-state index contributed by atoms with van der Waals surface area (Å²) >= 11 is 0. The maximum atomic E-state index is 12.2. The Morgan fingerprint density at radius 3 is 2.72 bits per heavy atom. The summed E-state index contributed by atoms with van der Waals surface area (Å²) in [5.74, 6) is 0.629. The molecule has 32 heavy (non-hydrogen) atoms. The van der Waals surface area contributed by atoms with E-state index < -0.39 is 10.0 Å². The van der Waals surface area contributed by atoms with Crippen molar-refractivity contribution in [2.75, 3.05) is 18.9 Å². The van der Waals surface area contributed by atoms with Crippen LogP contribution in [0.2, 0.25) is 0 Å². The van der Waals surface area contributed by atoms with E-state index in [0.717, 1.165) is 54.5 Å². The molecule has 2 aromatic heterocycles. The minimum Gasteiger partial charge on any atom is -0.354 e. The first-order valence-corrected chi connectivity index (χ1v) is 13.0. The van der Waals surface area contributed by atoms with Gasteiger partial charge in [-0.3, -0.25) is 0 Å². The molecule has 0 saturated heterocycles. The van der Waals surface area contributed by atoms with E-state index in [1.54, 1.807) is 12.2 Å². The highest BCUT2D eigenvalue weighted by atomic mass is 32.2. The molecule has 8 nitrogen and oxygen atoms in total. The third kappa shape index (κ3) is 4.78. The predicted octanol–water partition coefficient (Wildman–Crippen LogP) is 4.32. The van der Waals surface area contributed by atoms with E-state index in [1.807, 2.05) is 18.3 Å². The van der Waals surface area contributed by atoms with Crippen LogP contribution in [0.4, 0.5) is 5.95 Å². The Kier molecular flexibility index (Phi) is 7.05. The highest BCUT2D eigenvalue weighted by Crippen LogP contribution is 2.34. The lowest BCUT2D eigenvalue weighted by molar-refractivity contribution is 0.335. The topological polar surface area (TPSA) is 102 Å². The Hall–Kier alpha value is -2.52. The Balaban J connectivity index is 1.73. The molecule has 0 unspecified atom stereocenters. The number of aromatic nitrogens is 4. The molecule has 2 aliphatic carbocycles. The van der Waals surface area contributed by atoms with E-state index >= 15 is 0 Å². The summed E-state index contributed by atoms with van der Waals surface area (Å²) in [4.78, 5) is 9.64. The molecular formula is C23H32N6O2S. The first-order chi connectivity index (χ1) is 15.5. The van der Waals surface area contributed by atoms with Crippen molar-refractivity contribution >= 4 is 32.6 Å². The molecule has 2 N–H and O–H groups in total. The molecule has 0 atom stereocenters. The van der Waals surface area contributed by atoms with Crippen molar-refractivity contribution in [1.82, 2.24) is 24.5 Å². The lowest BCUT2D eigenvalue weighted by Crippen LogP contribution is -2.19. The zero-order valence-electron chi connectivity index (χ0n) is 18.8. The lowest BCUT2D eigenvalue weighted by Gasteiger charge is -2.22. The van der Waals surface area contributed by atoms with Crippen molar-refractivity contribution in [2.24, 2.45) is 0 Å². The van der Waals surface area contributed by atoms with Crippen LogP contribution in [0, 0.1) is 0 Å². The molecular weight excluding hydrogens is 424 g/mol. The summed E-state index contributed by atoms with van der Waals surface area (Å²) in [5, 5.41) is 9.22. The molecule has 1 saturated carbocycles. The number of nitrogens with one attached hydrogen (secondary N) is 2. The molecule has 9 heteroatoms. The van der Waals surface area contributed by atoms with Crippen LogP contribution in [0.25, 0.3) is 16.6 Å². The van der Waals surface area contributed by atoms with Gasteiger partial charge in [-0.25, -0.2) is 22.8 Å². The van der Waals surface area contributed by atoms with E-state index in [4.69, 9.17) is 10.1 Å². The molecule has 0 spiro atoms. The van der Waals surface area contributed by atoms with Gasteiger partial charge in [-0.2, -0.15) is 10.1 Å². The summed E-state index contributed by atoms with van der Waals surface area (Å²) < 4.78 is 28.9. The number of fused-ring (bicyclic) bond motifs is 1. The van der Waals surface area contributed by atoms with Crippen LogP contribution in [0.15, 0.2) is 35.4 Å². The van der Waals surface area contributed by atoms with Crippen LogP contribution in [0.5, 0.6) is 0 Å². The molecule has 0 radical (unpaired) electrons. The average Bonchev–Trinajstić information content (AvgIpc) is 3.00. The van der Waals surface area contributed by atoms with E-state index in [0.29, 0.717) is 18.4 Å². The molecule has 4 rings (SSSR count). The van der Waals surface area contributed by atoms with Gasteiger partial charge < -0.3 is 5.32 Å². The molecule has 0 aromatic carbocycles. The highest BCUT2D eigenvalue weighted by molar-refractivity contribution is 7.93. The maximum Gasteiger partial charge on any atom is 0.240 e. The largest absolute Gasteiger partial charge is 0.354 e. The van der Waals surface area contributed by atoms with Gasteiger partial charge >= 0.3 is 0 Å². The monoisotopic (exact) mass is 456 g/mol. The quantitative estimate of drug-likeness (QED) is 0.574. The second kappa shape index (κ2) is 9.95. The molecule has 0 amide bonds. The second-order valence-corrected chi connectivity index (χ2v) is 10.2. The van der Waals surface area contributed by atoms with Crippen molar-refractivity contribution < 1.29 is 8.42 Å². The van der Waals surface area contributed by atoms with E-state index in [9.17, 15) is 8.42 Å². The number of nitrogens with zero attached hydrogens (tertiary/aromatic N) is 4. The fraction of sp³-hybridized carbons (Fsp3) is 0.522. The van der Waals surface area contributed by atoms with Gasteiger partial charge in [0.25, 0.3) is 0 Å². The van der Waals surface area contributed by atoms with Gasteiger partial charge in [0.05, 0.1) is 16.3 Å².